The summed E-state index contributed by atoms with van der Waals surface area (Å²) >= 11 is 1.40. The Morgan fingerprint density at radius 3 is 2.87 bits per heavy atom. The first-order chi connectivity index (χ1) is 14.7. The van der Waals surface area contributed by atoms with Crippen LogP contribution in [0.4, 0.5) is 16.9 Å². The van der Waals surface area contributed by atoms with Gasteiger partial charge < -0.3 is 20.7 Å². The lowest BCUT2D eigenvalue weighted by molar-refractivity contribution is 0.135. The number of aromatic nitrogens is 4. The van der Waals surface area contributed by atoms with E-state index in [4.69, 9.17) is 10.2 Å². The van der Waals surface area contributed by atoms with Gasteiger partial charge in [-0.25, -0.2) is 4.98 Å². The molecule has 3 atom stereocenters. The normalized spacial score (nSPS) is 23.5. The number of aromatic amines is 1. The van der Waals surface area contributed by atoms with Gasteiger partial charge >= 0.3 is 0 Å². The number of piperidine rings is 1. The van der Waals surface area contributed by atoms with Crippen LogP contribution in [-0.4, -0.2) is 54.6 Å². The molecule has 2 bridgehead atoms. The smallest absolute Gasteiger partial charge is 0.226 e. The molecule has 0 spiro atoms. The van der Waals surface area contributed by atoms with Crippen LogP contribution in [0.15, 0.2) is 18.5 Å². The van der Waals surface area contributed by atoms with Crippen molar-refractivity contribution in [2.45, 2.75) is 56.8 Å². The molecule has 4 N–H and O–H groups in total. The van der Waals surface area contributed by atoms with E-state index in [2.05, 4.69) is 36.6 Å². The number of hydrogen-bond acceptors (Lipinski definition) is 9. The van der Waals surface area contributed by atoms with Gasteiger partial charge in [0.05, 0.1) is 22.9 Å². The van der Waals surface area contributed by atoms with E-state index in [1.165, 1.54) is 24.2 Å². The van der Waals surface area contributed by atoms with Crippen molar-refractivity contribution in [1.82, 2.24) is 24.8 Å². The van der Waals surface area contributed by atoms with E-state index >= 15 is 0 Å². The standard InChI is InChI=1S/C20H24N8OS/c21-5-1-7-28-13-2-3-14(28)9-12(8-13)24-19-25-17-16(4-6-22-17)18(26-19)27-20-23-10-15(11-29)30-20/h4,6,10,12-14,29H,1-3,7-9,11H2,(H3,22,23,24,25,26,27)/t12?,13-,14?/m0/s1. The SMILES string of the molecule is N#CCCN1C2CC[C@H]1CC(Nc1nc(Nc3ncc(CO)s3)c3cc[nH]c3n1)C2. The maximum atomic E-state index is 9.28. The van der Waals surface area contributed by atoms with Crippen LogP contribution in [0.1, 0.15) is 37.0 Å². The summed E-state index contributed by atoms with van der Waals surface area (Å²) in [5, 5.41) is 26.6. The minimum absolute atomic E-state index is 0.0229. The van der Waals surface area contributed by atoms with E-state index in [9.17, 15) is 5.11 Å². The van der Waals surface area contributed by atoms with Gasteiger partial charge in [-0.15, -0.1) is 0 Å². The molecule has 5 heterocycles. The highest BCUT2D eigenvalue weighted by Gasteiger charge is 2.40. The van der Waals surface area contributed by atoms with Crippen LogP contribution in [0.25, 0.3) is 11.0 Å². The Hall–Kier alpha value is -2.74. The van der Waals surface area contributed by atoms with E-state index in [0.717, 1.165) is 35.3 Å². The Labute approximate surface area is 178 Å². The molecule has 2 saturated heterocycles. The van der Waals surface area contributed by atoms with E-state index in [-0.39, 0.29) is 6.61 Å². The van der Waals surface area contributed by atoms with Crippen molar-refractivity contribution in [3.05, 3.63) is 23.3 Å². The second-order valence-corrected chi connectivity index (χ2v) is 9.01. The Balaban J connectivity index is 1.33. The molecule has 3 aromatic rings. The molecular formula is C20H24N8OS. The van der Waals surface area contributed by atoms with Gasteiger partial charge in [0.1, 0.15) is 11.5 Å². The third-order valence-electron chi connectivity index (χ3n) is 6.05. The number of thiazole rings is 1. The highest BCUT2D eigenvalue weighted by molar-refractivity contribution is 7.15. The summed E-state index contributed by atoms with van der Waals surface area (Å²) in [5.74, 6) is 1.29. The topological polar surface area (TPSA) is 126 Å². The number of hydrogen-bond donors (Lipinski definition) is 4. The van der Waals surface area contributed by atoms with Crippen molar-refractivity contribution < 1.29 is 5.11 Å². The van der Waals surface area contributed by atoms with Gasteiger partial charge in [-0.05, 0) is 31.7 Å². The van der Waals surface area contributed by atoms with E-state index in [1.54, 1.807) is 6.20 Å². The van der Waals surface area contributed by atoms with Crippen molar-refractivity contribution in [1.29, 1.82) is 5.26 Å². The van der Waals surface area contributed by atoms with Crippen molar-refractivity contribution in [2.24, 2.45) is 0 Å². The fourth-order valence-corrected chi connectivity index (χ4v) is 5.43. The summed E-state index contributed by atoms with van der Waals surface area (Å²) in [6.07, 6.45) is 8.61. The number of nitriles is 1. The average molecular weight is 425 g/mol. The van der Waals surface area contributed by atoms with Crippen LogP contribution in [0, 0.1) is 11.3 Å². The van der Waals surface area contributed by atoms with Crippen molar-refractivity contribution >= 4 is 39.3 Å². The number of nitrogens with zero attached hydrogens (tertiary/aromatic N) is 5. The van der Waals surface area contributed by atoms with Crippen LogP contribution in [0.3, 0.4) is 0 Å². The fourth-order valence-electron chi connectivity index (χ4n) is 4.76. The molecule has 2 aliphatic rings. The monoisotopic (exact) mass is 424 g/mol. The Morgan fingerprint density at radius 2 is 2.13 bits per heavy atom. The van der Waals surface area contributed by atoms with Gasteiger partial charge in [0.25, 0.3) is 0 Å². The van der Waals surface area contributed by atoms with Gasteiger partial charge in [0.15, 0.2) is 5.13 Å². The van der Waals surface area contributed by atoms with Crippen molar-refractivity contribution in [2.75, 3.05) is 17.2 Å². The maximum Gasteiger partial charge on any atom is 0.226 e. The van der Waals surface area contributed by atoms with Crippen LogP contribution in [0.2, 0.25) is 0 Å². The summed E-state index contributed by atoms with van der Waals surface area (Å²) < 4.78 is 0. The van der Waals surface area contributed by atoms with Crippen LogP contribution >= 0.6 is 11.3 Å². The van der Waals surface area contributed by atoms with Gasteiger partial charge in [-0.3, -0.25) is 4.90 Å². The molecule has 9 nitrogen and oxygen atoms in total. The number of anilines is 3. The third-order valence-corrected chi connectivity index (χ3v) is 6.95. The van der Waals surface area contributed by atoms with Gasteiger partial charge in [0, 0.05) is 43.5 Å². The van der Waals surface area contributed by atoms with E-state index < -0.39 is 0 Å². The highest BCUT2D eigenvalue weighted by Crippen LogP contribution is 2.37. The highest BCUT2D eigenvalue weighted by atomic mass is 32.1. The molecule has 0 aromatic carbocycles. The zero-order valence-electron chi connectivity index (χ0n) is 16.5. The van der Waals surface area contributed by atoms with Crippen LogP contribution in [-0.2, 0) is 6.61 Å². The van der Waals surface area contributed by atoms with Gasteiger partial charge in [-0.1, -0.05) is 11.3 Å². The Morgan fingerprint density at radius 1 is 1.30 bits per heavy atom. The Bertz CT molecular complexity index is 1060. The summed E-state index contributed by atoms with van der Waals surface area (Å²) in [4.78, 5) is 20.2. The number of fused-ring (bicyclic) bond motifs is 3. The molecule has 2 unspecified atom stereocenters. The molecule has 30 heavy (non-hydrogen) atoms. The first-order valence-corrected chi connectivity index (χ1v) is 11.1. The lowest BCUT2D eigenvalue weighted by Crippen LogP contribution is -2.47. The molecule has 0 radical (unpaired) electrons. The first-order valence-electron chi connectivity index (χ1n) is 10.3. The molecule has 2 aliphatic heterocycles. The number of nitrogens with one attached hydrogen (secondary N) is 3. The Kier molecular flexibility index (Phi) is 5.25. The molecule has 156 valence electrons. The summed E-state index contributed by atoms with van der Waals surface area (Å²) in [6, 6.07) is 5.61. The molecule has 0 amide bonds. The zero-order chi connectivity index (χ0) is 20.5. The average Bonchev–Trinajstić information content (AvgIpc) is 3.45. The number of aliphatic hydroxyl groups is 1. The molecule has 5 rings (SSSR count). The van der Waals surface area contributed by atoms with E-state index in [1.807, 2.05) is 12.3 Å². The summed E-state index contributed by atoms with van der Waals surface area (Å²) in [5.41, 5.74) is 0.767. The summed E-state index contributed by atoms with van der Waals surface area (Å²) in [6.45, 7) is 0.853. The molecular weight excluding hydrogens is 400 g/mol. The maximum absolute atomic E-state index is 9.28. The largest absolute Gasteiger partial charge is 0.391 e. The lowest BCUT2D eigenvalue weighted by atomic mass is 9.97. The first kappa shape index (κ1) is 19.2. The predicted molar refractivity (Wildman–Crippen MR) is 116 cm³/mol. The van der Waals surface area contributed by atoms with Crippen LogP contribution in [0.5, 0.6) is 0 Å². The second-order valence-electron chi connectivity index (χ2n) is 7.89. The third kappa shape index (κ3) is 3.71. The number of rotatable bonds is 7. The van der Waals surface area contributed by atoms with Gasteiger partial charge in [-0.2, -0.15) is 15.2 Å². The minimum atomic E-state index is -0.0229. The molecule has 2 fully saturated rings. The summed E-state index contributed by atoms with van der Waals surface area (Å²) in [7, 11) is 0. The van der Waals surface area contributed by atoms with E-state index in [0.29, 0.717) is 41.4 Å². The molecule has 3 aromatic heterocycles. The van der Waals surface area contributed by atoms with Crippen molar-refractivity contribution in [3.8, 4) is 6.07 Å². The van der Waals surface area contributed by atoms with Crippen LogP contribution < -0.4 is 10.6 Å². The lowest BCUT2D eigenvalue weighted by Gasteiger charge is -2.38. The van der Waals surface area contributed by atoms with Gasteiger partial charge in [0.2, 0.25) is 5.95 Å². The quantitative estimate of drug-likeness (QED) is 0.456. The van der Waals surface area contributed by atoms with Crippen molar-refractivity contribution in [3.63, 3.8) is 0 Å². The predicted octanol–water partition coefficient (Wildman–Crippen LogP) is 2.97. The zero-order valence-corrected chi connectivity index (χ0v) is 17.3. The second kappa shape index (κ2) is 8.18. The molecule has 0 saturated carbocycles. The molecule has 0 aliphatic carbocycles. The molecule has 10 heteroatoms. The fraction of sp³-hybridized carbons (Fsp3) is 0.500. The number of aliphatic hydroxyl groups excluding tert-OH is 1. The number of H-pyrrole nitrogens is 1. The minimum Gasteiger partial charge on any atom is -0.391 e.